The first-order valence-corrected chi connectivity index (χ1v) is 7.39. The Morgan fingerprint density at radius 2 is 1.70 bits per heavy atom. The number of hydrogen-bond donors (Lipinski definition) is 1. The number of carbonyl (C=O) groups is 1. The van der Waals surface area contributed by atoms with Crippen molar-refractivity contribution >= 4 is 29.0 Å². The first-order valence-electron chi connectivity index (χ1n) is 6.41. The van der Waals surface area contributed by atoms with E-state index >= 15 is 0 Å². The molecule has 20 heavy (non-hydrogen) atoms. The highest BCUT2D eigenvalue weighted by molar-refractivity contribution is 8.00. The highest BCUT2D eigenvalue weighted by Gasteiger charge is 2.08. The van der Waals surface area contributed by atoms with Gasteiger partial charge in [-0.05, 0) is 24.3 Å². The normalized spacial score (nSPS) is 10.1. The zero-order chi connectivity index (χ0) is 14.4. The van der Waals surface area contributed by atoms with Crippen molar-refractivity contribution in [2.75, 3.05) is 30.1 Å². The molecule has 2 aromatic rings. The SMILES string of the molecule is CN(C)c1ccccc1NC(=O)CSc1ccccc1. The van der Waals surface area contributed by atoms with Gasteiger partial charge in [0.2, 0.25) is 5.91 Å². The predicted octanol–water partition coefficient (Wildman–Crippen LogP) is 3.48. The predicted molar refractivity (Wildman–Crippen MR) is 86.6 cm³/mol. The van der Waals surface area contributed by atoms with Crippen molar-refractivity contribution < 1.29 is 4.79 Å². The van der Waals surface area contributed by atoms with Gasteiger partial charge < -0.3 is 10.2 Å². The molecule has 2 rings (SSSR count). The molecule has 2 aromatic carbocycles. The molecule has 0 atom stereocenters. The maximum Gasteiger partial charge on any atom is 0.234 e. The lowest BCUT2D eigenvalue weighted by atomic mass is 10.2. The second-order valence-electron chi connectivity index (χ2n) is 4.56. The summed E-state index contributed by atoms with van der Waals surface area (Å²) in [6, 6.07) is 17.7. The lowest BCUT2D eigenvalue weighted by Crippen LogP contribution is -2.17. The summed E-state index contributed by atoms with van der Waals surface area (Å²) in [6.45, 7) is 0. The molecule has 1 amide bonds. The van der Waals surface area contributed by atoms with Gasteiger partial charge in [0.25, 0.3) is 0 Å². The van der Waals surface area contributed by atoms with E-state index in [1.807, 2.05) is 73.6 Å². The molecule has 0 fully saturated rings. The van der Waals surface area contributed by atoms with Crippen LogP contribution < -0.4 is 10.2 Å². The van der Waals surface area contributed by atoms with Crippen molar-refractivity contribution in [2.45, 2.75) is 4.90 Å². The van der Waals surface area contributed by atoms with Crippen LogP contribution in [0.4, 0.5) is 11.4 Å². The van der Waals surface area contributed by atoms with E-state index < -0.39 is 0 Å². The summed E-state index contributed by atoms with van der Waals surface area (Å²) >= 11 is 1.54. The number of amides is 1. The topological polar surface area (TPSA) is 32.3 Å². The molecule has 0 radical (unpaired) electrons. The molecule has 0 heterocycles. The third kappa shape index (κ3) is 4.03. The summed E-state index contributed by atoms with van der Waals surface area (Å²) in [5, 5.41) is 2.96. The van der Waals surface area contributed by atoms with E-state index in [-0.39, 0.29) is 5.91 Å². The van der Waals surface area contributed by atoms with Crippen molar-refractivity contribution in [3.63, 3.8) is 0 Å². The van der Waals surface area contributed by atoms with E-state index in [9.17, 15) is 4.79 Å². The van der Waals surface area contributed by atoms with Crippen LogP contribution in [0.15, 0.2) is 59.5 Å². The van der Waals surface area contributed by atoms with Crippen LogP contribution in [0.5, 0.6) is 0 Å². The molecule has 0 aliphatic rings. The van der Waals surface area contributed by atoms with Gasteiger partial charge in [-0.15, -0.1) is 11.8 Å². The van der Waals surface area contributed by atoms with Gasteiger partial charge in [-0.2, -0.15) is 0 Å². The molecule has 1 N–H and O–H groups in total. The molecule has 0 aliphatic carbocycles. The molecule has 0 aromatic heterocycles. The Bertz CT molecular complexity index is 570. The van der Waals surface area contributed by atoms with Crippen LogP contribution in [0.1, 0.15) is 0 Å². The maximum absolute atomic E-state index is 12.0. The third-order valence-electron chi connectivity index (χ3n) is 2.77. The molecule has 0 spiro atoms. The summed E-state index contributed by atoms with van der Waals surface area (Å²) in [5.74, 6) is 0.416. The van der Waals surface area contributed by atoms with E-state index in [1.54, 1.807) is 0 Å². The van der Waals surface area contributed by atoms with Gasteiger partial charge >= 0.3 is 0 Å². The van der Waals surface area contributed by atoms with Crippen molar-refractivity contribution in [3.05, 3.63) is 54.6 Å². The molecule has 0 saturated carbocycles. The summed E-state index contributed by atoms with van der Waals surface area (Å²) < 4.78 is 0. The zero-order valence-electron chi connectivity index (χ0n) is 11.7. The quantitative estimate of drug-likeness (QED) is 0.854. The zero-order valence-corrected chi connectivity index (χ0v) is 12.5. The van der Waals surface area contributed by atoms with Crippen LogP contribution >= 0.6 is 11.8 Å². The van der Waals surface area contributed by atoms with Gasteiger partial charge in [-0.1, -0.05) is 30.3 Å². The van der Waals surface area contributed by atoms with E-state index in [0.717, 1.165) is 16.3 Å². The number of benzene rings is 2. The molecule has 4 heteroatoms. The molecule has 0 unspecified atom stereocenters. The van der Waals surface area contributed by atoms with Crippen LogP contribution in [0.3, 0.4) is 0 Å². The van der Waals surface area contributed by atoms with Gasteiger partial charge in [0.1, 0.15) is 0 Å². The number of para-hydroxylation sites is 2. The first-order chi connectivity index (χ1) is 9.66. The smallest absolute Gasteiger partial charge is 0.234 e. The largest absolute Gasteiger partial charge is 0.376 e. The number of thioether (sulfide) groups is 1. The number of nitrogens with zero attached hydrogens (tertiary/aromatic N) is 1. The average Bonchev–Trinajstić information content (AvgIpc) is 2.46. The minimum Gasteiger partial charge on any atom is -0.376 e. The Kier molecular flexibility index (Phi) is 5.07. The van der Waals surface area contributed by atoms with Crippen molar-refractivity contribution in [3.8, 4) is 0 Å². The lowest BCUT2D eigenvalue weighted by Gasteiger charge is -2.17. The molecule has 0 saturated heterocycles. The van der Waals surface area contributed by atoms with Gasteiger partial charge in [-0.25, -0.2) is 0 Å². The van der Waals surface area contributed by atoms with Gasteiger partial charge in [0.15, 0.2) is 0 Å². The van der Waals surface area contributed by atoms with Crippen LogP contribution in [-0.4, -0.2) is 25.8 Å². The highest BCUT2D eigenvalue weighted by Crippen LogP contribution is 2.24. The minimum atomic E-state index is 0.00755. The average molecular weight is 286 g/mol. The van der Waals surface area contributed by atoms with Crippen molar-refractivity contribution in [1.29, 1.82) is 0 Å². The Balaban J connectivity index is 1.95. The Hall–Kier alpha value is -1.94. The number of hydrogen-bond acceptors (Lipinski definition) is 3. The second kappa shape index (κ2) is 7.01. The second-order valence-corrected chi connectivity index (χ2v) is 5.61. The Labute approximate surface area is 124 Å². The van der Waals surface area contributed by atoms with Crippen molar-refractivity contribution in [2.24, 2.45) is 0 Å². The van der Waals surface area contributed by atoms with Gasteiger partial charge in [0, 0.05) is 19.0 Å². The van der Waals surface area contributed by atoms with Crippen LogP contribution in [0.2, 0.25) is 0 Å². The van der Waals surface area contributed by atoms with E-state index in [1.165, 1.54) is 11.8 Å². The molecule has 0 bridgehead atoms. The van der Waals surface area contributed by atoms with Gasteiger partial charge in [0.05, 0.1) is 17.1 Å². The van der Waals surface area contributed by atoms with Crippen LogP contribution in [0.25, 0.3) is 0 Å². The van der Waals surface area contributed by atoms with E-state index in [0.29, 0.717) is 5.75 Å². The Morgan fingerprint density at radius 3 is 2.40 bits per heavy atom. The highest BCUT2D eigenvalue weighted by atomic mass is 32.2. The maximum atomic E-state index is 12.0. The van der Waals surface area contributed by atoms with E-state index in [4.69, 9.17) is 0 Å². The lowest BCUT2D eigenvalue weighted by molar-refractivity contribution is -0.113. The fourth-order valence-electron chi connectivity index (χ4n) is 1.82. The monoisotopic (exact) mass is 286 g/mol. The molecule has 104 valence electrons. The number of anilines is 2. The Morgan fingerprint density at radius 1 is 1.05 bits per heavy atom. The van der Waals surface area contributed by atoms with Crippen molar-refractivity contribution in [1.82, 2.24) is 0 Å². The fraction of sp³-hybridized carbons (Fsp3) is 0.188. The molecular weight excluding hydrogens is 268 g/mol. The summed E-state index contributed by atoms with van der Waals surface area (Å²) in [7, 11) is 3.92. The van der Waals surface area contributed by atoms with E-state index in [2.05, 4.69) is 5.32 Å². The number of carbonyl (C=O) groups excluding carboxylic acids is 1. The van der Waals surface area contributed by atoms with Crippen LogP contribution in [0, 0.1) is 0 Å². The molecule has 0 aliphatic heterocycles. The summed E-state index contributed by atoms with van der Waals surface area (Å²) in [4.78, 5) is 15.1. The molecular formula is C16H18N2OS. The number of nitrogens with one attached hydrogen (secondary N) is 1. The fourth-order valence-corrected chi connectivity index (χ4v) is 2.54. The van der Waals surface area contributed by atoms with Crippen LogP contribution in [-0.2, 0) is 4.79 Å². The summed E-state index contributed by atoms with van der Waals surface area (Å²) in [6.07, 6.45) is 0. The van der Waals surface area contributed by atoms with Gasteiger partial charge in [-0.3, -0.25) is 4.79 Å². The molecule has 3 nitrogen and oxygen atoms in total. The first kappa shape index (κ1) is 14.5. The summed E-state index contributed by atoms with van der Waals surface area (Å²) in [5.41, 5.74) is 1.85. The minimum absolute atomic E-state index is 0.00755. The number of rotatable bonds is 5. The standard InChI is InChI=1S/C16H18N2OS/c1-18(2)15-11-7-6-10-14(15)17-16(19)12-20-13-8-4-3-5-9-13/h3-11H,12H2,1-2H3,(H,17,19). The third-order valence-corrected chi connectivity index (χ3v) is 3.79.